The largest absolute Gasteiger partial charge is 0.508 e. The topological polar surface area (TPSA) is 133 Å². The lowest BCUT2D eigenvalue weighted by Gasteiger charge is -2.09. The fourth-order valence-corrected chi connectivity index (χ4v) is 3.75. The standard InChI is InChI=1S/C23H20N6O2/c24-21-9-17-19(11-26-20(17)12-27-21)14-7-15-10-28-29-22(15)18(8-14)23(31)25-6-5-13-1-3-16(30)4-2-13/h1-4,7-12,26,30H,5-6H2,(H2,24,27)(H,25,31)(H,28,29). The number of H-pyrrole nitrogens is 2. The third-order valence-corrected chi connectivity index (χ3v) is 5.33. The van der Waals surface area contributed by atoms with Gasteiger partial charge < -0.3 is 21.1 Å². The molecule has 154 valence electrons. The molecule has 0 fully saturated rings. The molecule has 5 aromatic rings. The van der Waals surface area contributed by atoms with Gasteiger partial charge in [-0.1, -0.05) is 12.1 Å². The second kappa shape index (κ2) is 7.49. The number of nitrogens with one attached hydrogen (secondary N) is 3. The number of aromatic amines is 2. The Bertz CT molecular complexity index is 1400. The molecule has 3 aromatic heterocycles. The molecule has 8 nitrogen and oxygen atoms in total. The van der Waals surface area contributed by atoms with Gasteiger partial charge in [0.05, 0.1) is 29.0 Å². The van der Waals surface area contributed by atoms with Crippen LogP contribution in [-0.2, 0) is 6.42 Å². The van der Waals surface area contributed by atoms with Crippen LogP contribution in [0.5, 0.6) is 5.75 Å². The SMILES string of the molecule is Nc1cc2c(-c3cc(C(=O)NCCc4ccc(O)cc4)c4[nH]ncc4c3)c[nH]c2cn1. The van der Waals surface area contributed by atoms with Gasteiger partial charge in [0.15, 0.2) is 0 Å². The summed E-state index contributed by atoms with van der Waals surface area (Å²) in [6, 6.07) is 12.6. The average molecular weight is 412 g/mol. The monoisotopic (exact) mass is 412 g/mol. The minimum atomic E-state index is -0.184. The van der Waals surface area contributed by atoms with Crippen molar-refractivity contribution in [1.29, 1.82) is 0 Å². The quantitative estimate of drug-likeness (QED) is 0.302. The summed E-state index contributed by atoms with van der Waals surface area (Å²) in [6.45, 7) is 0.471. The van der Waals surface area contributed by atoms with Crippen molar-refractivity contribution in [2.24, 2.45) is 0 Å². The van der Waals surface area contributed by atoms with Crippen LogP contribution in [0.4, 0.5) is 5.82 Å². The van der Waals surface area contributed by atoms with E-state index in [9.17, 15) is 9.90 Å². The molecule has 0 radical (unpaired) electrons. The first kappa shape index (κ1) is 18.7. The highest BCUT2D eigenvalue weighted by Gasteiger charge is 2.16. The van der Waals surface area contributed by atoms with Crippen molar-refractivity contribution in [3.05, 3.63) is 72.2 Å². The Balaban J connectivity index is 1.45. The molecule has 8 heteroatoms. The first-order valence-electron chi connectivity index (χ1n) is 9.85. The van der Waals surface area contributed by atoms with E-state index in [0.29, 0.717) is 29.9 Å². The first-order valence-corrected chi connectivity index (χ1v) is 9.85. The van der Waals surface area contributed by atoms with E-state index < -0.39 is 0 Å². The van der Waals surface area contributed by atoms with Gasteiger partial charge in [-0.25, -0.2) is 4.98 Å². The van der Waals surface area contributed by atoms with E-state index in [1.165, 1.54) is 0 Å². The lowest BCUT2D eigenvalue weighted by atomic mass is 10.00. The number of carbonyl (C=O) groups excluding carboxylic acids is 1. The van der Waals surface area contributed by atoms with Gasteiger partial charge in [-0.3, -0.25) is 9.89 Å². The summed E-state index contributed by atoms with van der Waals surface area (Å²) in [6.07, 6.45) is 5.95. The van der Waals surface area contributed by atoms with Crippen LogP contribution in [0.15, 0.2) is 61.1 Å². The number of hydrogen-bond acceptors (Lipinski definition) is 5. The van der Waals surface area contributed by atoms with Gasteiger partial charge in [0, 0.05) is 29.1 Å². The molecule has 3 heterocycles. The fourth-order valence-electron chi connectivity index (χ4n) is 3.75. The molecular weight excluding hydrogens is 392 g/mol. The van der Waals surface area contributed by atoms with Crippen molar-refractivity contribution in [3.8, 4) is 16.9 Å². The van der Waals surface area contributed by atoms with E-state index in [-0.39, 0.29) is 11.7 Å². The highest BCUT2D eigenvalue weighted by Crippen LogP contribution is 2.32. The molecule has 31 heavy (non-hydrogen) atoms. The smallest absolute Gasteiger partial charge is 0.253 e. The molecule has 2 aromatic carbocycles. The Morgan fingerprint density at radius 3 is 2.81 bits per heavy atom. The highest BCUT2D eigenvalue weighted by molar-refractivity contribution is 6.08. The Hall–Kier alpha value is -4.33. The lowest BCUT2D eigenvalue weighted by molar-refractivity contribution is 0.0955. The van der Waals surface area contributed by atoms with Crippen LogP contribution in [0.3, 0.4) is 0 Å². The number of phenols is 1. The van der Waals surface area contributed by atoms with Crippen molar-refractivity contribution >= 4 is 33.5 Å². The molecule has 0 atom stereocenters. The van der Waals surface area contributed by atoms with E-state index in [0.717, 1.165) is 33.0 Å². The first-order chi connectivity index (χ1) is 15.1. The zero-order valence-corrected chi connectivity index (χ0v) is 16.5. The van der Waals surface area contributed by atoms with Gasteiger partial charge in [0.2, 0.25) is 0 Å². The number of rotatable bonds is 5. The van der Waals surface area contributed by atoms with Crippen LogP contribution >= 0.6 is 0 Å². The molecule has 1 amide bonds. The number of anilines is 1. The minimum Gasteiger partial charge on any atom is -0.508 e. The number of nitrogen functional groups attached to an aromatic ring is 1. The number of benzene rings is 2. The molecule has 0 bridgehead atoms. The molecule has 0 aliphatic heterocycles. The zero-order valence-electron chi connectivity index (χ0n) is 16.5. The number of phenolic OH excluding ortho intramolecular Hbond substituents is 1. The van der Waals surface area contributed by atoms with E-state index in [2.05, 4.69) is 25.5 Å². The molecule has 0 saturated carbocycles. The lowest BCUT2D eigenvalue weighted by Crippen LogP contribution is -2.26. The van der Waals surface area contributed by atoms with Crippen LogP contribution < -0.4 is 11.1 Å². The second-order valence-electron chi connectivity index (χ2n) is 7.39. The summed E-state index contributed by atoms with van der Waals surface area (Å²) in [7, 11) is 0. The number of carbonyl (C=O) groups is 1. The molecule has 6 N–H and O–H groups in total. The van der Waals surface area contributed by atoms with Gasteiger partial charge >= 0.3 is 0 Å². The van der Waals surface area contributed by atoms with Gasteiger partial charge in [0.1, 0.15) is 11.6 Å². The van der Waals surface area contributed by atoms with E-state index in [1.54, 1.807) is 24.5 Å². The highest BCUT2D eigenvalue weighted by atomic mass is 16.3. The summed E-state index contributed by atoms with van der Waals surface area (Å²) in [4.78, 5) is 20.3. The van der Waals surface area contributed by atoms with Crippen LogP contribution in [-0.4, -0.2) is 37.7 Å². The predicted octanol–water partition coefficient (Wildman–Crippen LogP) is 3.37. The van der Waals surface area contributed by atoms with Crippen LogP contribution in [0.1, 0.15) is 15.9 Å². The number of pyridine rings is 1. The Morgan fingerprint density at radius 1 is 1.13 bits per heavy atom. The third-order valence-electron chi connectivity index (χ3n) is 5.33. The molecule has 0 aliphatic carbocycles. The predicted molar refractivity (Wildman–Crippen MR) is 120 cm³/mol. The Labute approximate surface area is 177 Å². The number of aromatic nitrogens is 4. The average Bonchev–Trinajstić information content (AvgIpc) is 3.40. The third kappa shape index (κ3) is 3.55. The van der Waals surface area contributed by atoms with Gasteiger partial charge in [0.25, 0.3) is 5.91 Å². The van der Waals surface area contributed by atoms with Crippen LogP contribution in [0.2, 0.25) is 0 Å². The molecule has 0 unspecified atom stereocenters. The van der Waals surface area contributed by atoms with Crippen molar-refractivity contribution in [2.75, 3.05) is 12.3 Å². The van der Waals surface area contributed by atoms with Gasteiger partial charge in [-0.05, 0) is 47.9 Å². The van der Waals surface area contributed by atoms with Crippen molar-refractivity contribution in [3.63, 3.8) is 0 Å². The van der Waals surface area contributed by atoms with Crippen molar-refractivity contribution in [1.82, 2.24) is 25.5 Å². The fraction of sp³-hybridized carbons (Fsp3) is 0.0870. The summed E-state index contributed by atoms with van der Waals surface area (Å²) in [5.41, 5.74) is 10.8. The number of amides is 1. The van der Waals surface area contributed by atoms with Crippen molar-refractivity contribution in [2.45, 2.75) is 6.42 Å². The minimum absolute atomic E-state index is 0.184. The maximum Gasteiger partial charge on any atom is 0.253 e. The number of hydrogen-bond donors (Lipinski definition) is 5. The summed E-state index contributed by atoms with van der Waals surface area (Å²) in [5, 5.41) is 21.2. The van der Waals surface area contributed by atoms with Crippen LogP contribution in [0, 0.1) is 0 Å². The molecule has 0 spiro atoms. The molecular formula is C23H20N6O2. The summed E-state index contributed by atoms with van der Waals surface area (Å²) < 4.78 is 0. The Morgan fingerprint density at radius 2 is 1.97 bits per heavy atom. The number of nitrogens with zero attached hydrogens (tertiary/aromatic N) is 2. The maximum absolute atomic E-state index is 13.0. The Kier molecular flexibility index (Phi) is 4.51. The summed E-state index contributed by atoms with van der Waals surface area (Å²) in [5.74, 6) is 0.474. The normalized spacial score (nSPS) is 11.2. The van der Waals surface area contributed by atoms with Crippen molar-refractivity contribution < 1.29 is 9.90 Å². The number of aromatic hydroxyl groups is 1. The number of fused-ring (bicyclic) bond motifs is 2. The van der Waals surface area contributed by atoms with E-state index >= 15 is 0 Å². The molecule has 5 rings (SSSR count). The summed E-state index contributed by atoms with van der Waals surface area (Å²) >= 11 is 0. The maximum atomic E-state index is 13.0. The van der Waals surface area contributed by atoms with Gasteiger partial charge in [-0.15, -0.1) is 0 Å². The number of nitrogens with two attached hydrogens (primary N) is 1. The van der Waals surface area contributed by atoms with E-state index in [4.69, 9.17) is 5.73 Å². The van der Waals surface area contributed by atoms with Crippen LogP contribution in [0.25, 0.3) is 32.9 Å². The molecule has 0 saturated heterocycles. The molecule has 0 aliphatic rings. The second-order valence-corrected chi connectivity index (χ2v) is 7.39. The zero-order chi connectivity index (χ0) is 21.4. The van der Waals surface area contributed by atoms with Gasteiger partial charge in [-0.2, -0.15) is 5.10 Å². The van der Waals surface area contributed by atoms with E-state index in [1.807, 2.05) is 36.5 Å².